The van der Waals surface area contributed by atoms with Gasteiger partial charge in [0.1, 0.15) is 0 Å². The molecule has 0 spiro atoms. The molecular weight excluding hydrogens is 372 g/mol. The summed E-state index contributed by atoms with van der Waals surface area (Å²) in [5.74, 6) is 1.71. The highest BCUT2D eigenvalue weighted by molar-refractivity contribution is 7.99. The van der Waals surface area contributed by atoms with Gasteiger partial charge in [-0.05, 0) is 53.1 Å². The normalized spacial score (nSPS) is 12.4. The van der Waals surface area contributed by atoms with Crippen LogP contribution >= 0.6 is 11.8 Å². The molecule has 1 atom stereocenters. The van der Waals surface area contributed by atoms with E-state index in [-0.39, 0.29) is 5.25 Å². The van der Waals surface area contributed by atoms with Crippen LogP contribution in [0.4, 0.5) is 0 Å². The molecule has 2 heterocycles. The van der Waals surface area contributed by atoms with Crippen molar-refractivity contribution in [2.24, 2.45) is 0 Å². The second-order valence-electron chi connectivity index (χ2n) is 6.69. The van der Waals surface area contributed by atoms with Crippen LogP contribution in [-0.2, 0) is 0 Å². The van der Waals surface area contributed by atoms with Gasteiger partial charge in [-0.2, -0.15) is 4.68 Å². The molecule has 4 rings (SSSR count). The minimum Gasteiger partial charge on any atom is -0.411 e. The highest BCUT2D eigenvalue weighted by Crippen LogP contribution is 2.34. The molecule has 7 nitrogen and oxygen atoms in total. The van der Waals surface area contributed by atoms with Crippen molar-refractivity contribution in [1.29, 1.82) is 0 Å². The smallest absolute Gasteiger partial charge is 0.277 e. The minimum absolute atomic E-state index is 0.0631. The van der Waals surface area contributed by atoms with E-state index in [1.807, 2.05) is 49.4 Å². The molecular formula is C20H20N6OS. The molecule has 142 valence electrons. The van der Waals surface area contributed by atoms with Gasteiger partial charge in [0.25, 0.3) is 5.22 Å². The van der Waals surface area contributed by atoms with Crippen molar-refractivity contribution in [2.75, 3.05) is 0 Å². The highest BCUT2D eigenvalue weighted by atomic mass is 32.2. The number of hydrogen-bond donors (Lipinski definition) is 0. The molecule has 0 aliphatic carbocycles. The Morgan fingerprint density at radius 1 is 0.893 bits per heavy atom. The Bertz CT molecular complexity index is 1040. The zero-order chi connectivity index (χ0) is 19.5. The van der Waals surface area contributed by atoms with E-state index in [1.165, 1.54) is 17.3 Å². The lowest BCUT2D eigenvalue weighted by atomic mass is 10.0. The van der Waals surface area contributed by atoms with E-state index in [9.17, 15) is 0 Å². The molecule has 8 heteroatoms. The maximum Gasteiger partial charge on any atom is 0.277 e. The fourth-order valence-electron chi connectivity index (χ4n) is 2.79. The lowest BCUT2D eigenvalue weighted by Gasteiger charge is -2.08. The number of thioether (sulfide) groups is 1. The van der Waals surface area contributed by atoms with Crippen LogP contribution in [0.5, 0.6) is 0 Å². The fourth-order valence-corrected chi connectivity index (χ4v) is 3.56. The molecule has 0 amide bonds. The van der Waals surface area contributed by atoms with Crippen molar-refractivity contribution in [3.63, 3.8) is 0 Å². The molecule has 0 saturated carbocycles. The predicted octanol–water partition coefficient (Wildman–Crippen LogP) is 4.69. The quantitative estimate of drug-likeness (QED) is 0.440. The molecule has 2 aromatic heterocycles. The Hall–Kier alpha value is -3.00. The first kappa shape index (κ1) is 18.4. The van der Waals surface area contributed by atoms with Crippen LogP contribution in [0.1, 0.15) is 43.3 Å². The highest BCUT2D eigenvalue weighted by Gasteiger charge is 2.20. The lowest BCUT2D eigenvalue weighted by Crippen LogP contribution is -2.04. The van der Waals surface area contributed by atoms with Gasteiger partial charge in [0.05, 0.1) is 10.9 Å². The van der Waals surface area contributed by atoms with E-state index >= 15 is 0 Å². The summed E-state index contributed by atoms with van der Waals surface area (Å²) in [5.41, 5.74) is 3.09. The summed E-state index contributed by atoms with van der Waals surface area (Å²) in [6.45, 7) is 6.35. The second kappa shape index (κ2) is 7.93. The summed E-state index contributed by atoms with van der Waals surface area (Å²) < 4.78 is 7.57. The molecule has 0 N–H and O–H groups in total. The Morgan fingerprint density at radius 3 is 2.36 bits per heavy atom. The van der Waals surface area contributed by atoms with Gasteiger partial charge in [-0.1, -0.05) is 55.9 Å². The number of tetrazole rings is 1. The molecule has 4 aromatic rings. The lowest BCUT2D eigenvalue weighted by molar-refractivity contribution is 0.464. The van der Waals surface area contributed by atoms with E-state index in [0.717, 1.165) is 17.1 Å². The molecule has 0 fully saturated rings. The SMILES string of the molecule is CC(C)c1ccc(-c2nnc(SC(C)c3nnnn3-c3ccccc3)o2)cc1. The fraction of sp³-hybridized carbons (Fsp3) is 0.250. The molecule has 0 radical (unpaired) electrons. The average molecular weight is 392 g/mol. The van der Waals surface area contributed by atoms with Crippen molar-refractivity contribution in [1.82, 2.24) is 30.4 Å². The Kier molecular flexibility index (Phi) is 5.21. The molecule has 28 heavy (non-hydrogen) atoms. The van der Waals surface area contributed by atoms with Crippen molar-refractivity contribution in [3.05, 3.63) is 66.0 Å². The van der Waals surface area contributed by atoms with Gasteiger partial charge < -0.3 is 4.42 Å². The molecule has 0 aliphatic rings. The van der Waals surface area contributed by atoms with Crippen LogP contribution < -0.4 is 0 Å². The number of nitrogens with zero attached hydrogens (tertiary/aromatic N) is 6. The predicted molar refractivity (Wildman–Crippen MR) is 107 cm³/mol. The molecule has 0 aliphatic heterocycles. The van der Waals surface area contributed by atoms with Crippen LogP contribution in [0.15, 0.2) is 64.2 Å². The third-order valence-electron chi connectivity index (χ3n) is 4.37. The first-order valence-corrected chi connectivity index (χ1v) is 9.94. The third kappa shape index (κ3) is 3.82. The van der Waals surface area contributed by atoms with Crippen molar-refractivity contribution < 1.29 is 4.42 Å². The van der Waals surface area contributed by atoms with Gasteiger partial charge in [0, 0.05) is 5.56 Å². The summed E-state index contributed by atoms with van der Waals surface area (Å²) in [7, 11) is 0. The molecule has 0 saturated heterocycles. The zero-order valence-corrected chi connectivity index (χ0v) is 16.7. The van der Waals surface area contributed by atoms with Gasteiger partial charge in [-0.3, -0.25) is 0 Å². The molecule has 1 unspecified atom stereocenters. The van der Waals surface area contributed by atoms with Crippen LogP contribution in [0.3, 0.4) is 0 Å². The molecule has 0 bridgehead atoms. The van der Waals surface area contributed by atoms with Crippen LogP contribution in [0, 0.1) is 0 Å². The monoisotopic (exact) mass is 392 g/mol. The van der Waals surface area contributed by atoms with Gasteiger partial charge in [-0.15, -0.1) is 15.3 Å². The number of rotatable bonds is 6. The standard InChI is InChI=1S/C20H20N6OS/c1-13(2)15-9-11-16(12-10-15)19-22-23-20(27-19)28-14(3)18-21-24-25-26(18)17-7-5-4-6-8-17/h4-14H,1-3H3. The summed E-state index contributed by atoms with van der Waals surface area (Å²) in [4.78, 5) is 0. The van der Waals surface area contributed by atoms with Gasteiger partial charge >= 0.3 is 0 Å². The topological polar surface area (TPSA) is 82.5 Å². The van der Waals surface area contributed by atoms with E-state index in [1.54, 1.807) is 4.68 Å². The number of benzene rings is 2. The number of para-hydroxylation sites is 1. The maximum absolute atomic E-state index is 5.85. The Morgan fingerprint density at radius 2 is 1.64 bits per heavy atom. The van der Waals surface area contributed by atoms with Gasteiger partial charge in [0.15, 0.2) is 5.82 Å². The van der Waals surface area contributed by atoms with Crippen molar-refractivity contribution >= 4 is 11.8 Å². The summed E-state index contributed by atoms with van der Waals surface area (Å²) in [6.07, 6.45) is 0. The second-order valence-corrected chi connectivity index (χ2v) is 7.99. The van der Waals surface area contributed by atoms with E-state index in [4.69, 9.17) is 4.42 Å². The van der Waals surface area contributed by atoms with Crippen LogP contribution in [-0.4, -0.2) is 30.4 Å². The third-order valence-corrected chi connectivity index (χ3v) is 5.30. The van der Waals surface area contributed by atoms with E-state index in [2.05, 4.69) is 51.7 Å². The van der Waals surface area contributed by atoms with E-state index in [0.29, 0.717) is 17.0 Å². The molecule has 2 aromatic carbocycles. The Labute approximate surface area is 167 Å². The van der Waals surface area contributed by atoms with Crippen molar-refractivity contribution in [3.8, 4) is 17.1 Å². The number of hydrogen-bond acceptors (Lipinski definition) is 7. The van der Waals surface area contributed by atoms with Crippen LogP contribution in [0.25, 0.3) is 17.1 Å². The van der Waals surface area contributed by atoms with Crippen LogP contribution in [0.2, 0.25) is 0 Å². The summed E-state index contributed by atoms with van der Waals surface area (Å²) in [6, 6.07) is 18.0. The average Bonchev–Trinajstić information content (AvgIpc) is 3.38. The van der Waals surface area contributed by atoms with Gasteiger partial charge in [0.2, 0.25) is 5.89 Å². The van der Waals surface area contributed by atoms with Crippen molar-refractivity contribution in [2.45, 2.75) is 37.2 Å². The van der Waals surface area contributed by atoms with Gasteiger partial charge in [-0.25, -0.2) is 0 Å². The summed E-state index contributed by atoms with van der Waals surface area (Å²) >= 11 is 1.43. The first-order valence-electron chi connectivity index (χ1n) is 9.06. The Balaban J connectivity index is 1.51. The largest absolute Gasteiger partial charge is 0.411 e. The maximum atomic E-state index is 5.85. The minimum atomic E-state index is -0.0631. The summed E-state index contributed by atoms with van der Waals surface area (Å²) in [5, 5.41) is 20.9. The first-order chi connectivity index (χ1) is 13.6. The number of aromatic nitrogens is 6. The van der Waals surface area contributed by atoms with E-state index < -0.39 is 0 Å². The zero-order valence-electron chi connectivity index (χ0n) is 15.9.